The Morgan fingerprint density at radius 1 is 0.971 bits per heavy atom. The molecule has 0 radical (unpaired) electrons. The van der Waals surface area contributed by atoms with Crippen molar-refractivity contribution in [3.63, 3.8) is 0 Å². The Morgan fingerprint density at radius 2 is 1.46 bits per heavy atom. The molecule has 7 heteroatoms. The molecule has 1 fully saturated rings. The summed E-state index contributed by atoms with van der Waals surface area (Å²) in [6, 6.07) is 21.1. The number of amides is 2. The molecule has 2 amide bonds. The molecule has 1 aliphatic rings. The van der Waals surface area contributed by atoms with Gasteiger partial charge in [-0.1, -0.05) is 81.4 Å². The molecule has 0 aromatic heterocycles. The number of rotatable bonds is 10. The lowest BCUT2D eigenvalue weighted by Gasteiger charge is -2.42. The summed E-state index contributed by atoms with van der Waals surface area (Å²) in [5.41, 5.74) is 7.77. The van der Waals surface area contributed by atoms with E-state index >= 15 is 0 Å². The normalized spacial score (nSPS) is 19.1. The molecule has 35 heavy (non-hydrogen) atoms. The van der Waals surface area contributed by atoms with Gasteiger partial charge in [-0.25, -0.2) is 0 Å². The second-order valence-electron chi connectivity index (χ2n) is 11.2. The Balaban J connectivity index is 1.51. The first-order valence-electron chi connectivity index (χ1n) is 12.6. The van der Waals surface area contributed by atoms with Gasteiger partial charge in [0, 0.05) is 31.0 Å². The molecule has 0 bridgehead atoms. The number of benzene rings is 2. The summed E-state index contributed by atoms with van der Waals surface area (Å²) in [4.78, 5) is 38.2. The lowest BCUT2D eigenvalue weighted by Crippen LogP contribution is -2.53. The highest BCUT2D eigenvalue weighted by molar-refractivity contribution is 6.72. The van der Waals surface area contributed by atoms with E-state index in [2.05, 4.69) is 64.3 Å². The van der Waals surface area contributed by atoms with Gasteiger partial charge in [-0.05, 0) is 48.5 Å². The highest BCUT2D eigenvalue weighted by Crippen LogP contribution is 2.41. The van der Waals surface area contributed by atoms with E-state index in [0.717, 1.165) is 25.9 Å². The van der Waals surface area contributed by atoms with Crippen LogP contribution in [0.4, 0.5) is 0 Å². The van der Waals surface area contributed by atoms with Gasteiger partial charge in [-0.2, -0.15) is 0 Å². The fourth-order valence-electron chi connectivity index (χ4n) is 4.51. The van der Waals surface area contributed by atoms with Crippen LogP contribution in [0, 0.1) is 11.8 Å². The fourth-order valence-corrected chi connectivity index (χ4v) is 5.31. The molecule has 1 atom stereocenters. The largest absolute Gasteiger partial charge is 0.432 e. The van der Waals surface area contributed by atoms with Crippen LogP contribution in [-0.2, 0) is 22.7 Å². The number of hydrogen-bond acceptors (Lipinski definition) is 4. The summed E-state index contributed by atoms with van der Waals surface area (Å²) in [6.07, 6.45) is 2.12. The van der Waals surface area contributed by atoms with Crippen LogP contribution >= 0.6 is 0 Å². The third kappa shape index (κ3) is 7.50. The van der Waals surface area contributed by atoms with Gasteiger partial charge < -0.3 is 4.80 Å². The summed E-state index contributed by atoms with van der Waals surface area (Å²) in [5, 5.41) is -0.296. The van der Waals surface area contributed by atoms with Crippen LogP contribution in [0.15, 0.2) is 60.7 Å². The molecule has 0 spiro atoms. The van der Waals surface area contributed by atoms with E-state index in [1.165, 1.54) is 11.1 Å². The smallest absolute Gasteiger partial charge is 0.241 e. The monoisotopic (exact) mass is 495 g/mol. The molecule has 2 aromatic rings. The van der Waals surface area contributed by atoms with Crippen LogP contribution in [0.2, 0.25) is 18.1 Å². The molecule has 0 aliphatic heterocycles. The molecule has 3 rings (SSSR count). The van der Waals surface area contributed by atoms with Gasteiger partial charge >= 0.3 is 0 Å². The minimum absolute atomic E-state index is 0.107. The SMILES string of the molecule is C[C@H](CC(C)(C)[Si](C)(C)O)C(=O)NNC(=O)C1CC(N(Cc2ccccc2)Cc2ccccc2)C1. The lowest BCUT2D eigenvalue weighted by molar-refractivity contribution is -0.136. The van der Waals surface area contributed by atoms with Gasteiger partial charge in [-0.15, -0.1) is 0 Å². The van der Waals surface area contributed by atoms with Crippen molar-refractivity contribution in [3.8, 4) is 0 Å². The molecule has 2 aromatic carbocycles. The number of carbonyl (C=O) groups excluding carboxylic acids is 2. The van der Waals surface area contributed by atoms with Gasteiger partial charge in [-0.3, -0.25) is 25.3 Å². The first-order valence-corrected chi connectivity index (χ1v) is 15.5. The van der Waals surface area contributed by atoms with E-state index in [-0.39, 0.29) is 28.7 Å². The van der Waals surface area contributed by atoms with Crippen molar-refractivity contribution >= 4 is 20.1 Å². The third-order valence-electron chi connectivity index (χ3n) is 7.69. The van der Waals surface area contributed by atoms with Crippen LogP contribution in [-0.4, -0.2) is 35.9 Å². The number of carbonyl (C=O) groups is 2. The molecular weight excluding hydrogens is 454 g/mol. The zero-order valence-corrected chi connectivity index (χ0v) is 22.8. The Labute approximate surface area is 211 Å². The van der Waals surface area contributed by atoms with E-state index in [0.29, 0.717) is 12.5 Å². The van der Waals surface area contributed by atoms with E-state index in [9.17, 15) is 14.4 Å². The average Bonchev–Trinajstić information content (AvgIpc) is 2.76. The molecular formula is C28H41N3O3Si. The van der Waals surface area contributed by atoms with Gasteiger partial charge in [0.15, 0.2) is 8.32 Å². The number of nitrogens with one attached hydrogen (secondary N) is 2. The van der Waals surface area contributed by atoms with Gasteiger partial charge in [0.1, 0.15) is 0 Å². The van der Waals surface area contributed by atoms with Crippen molar-refractivity contribution in [2.45, 2.75) is 77.3 Å². The predicted molar refractivity (Wildman–Crippen MR) is 142 cm³/mol. The molecule has 1 saturated carbocycles. The van der Waals surface area contributed by atoms with Crippen molar-refractivity contribution < 1.29 is 14.4 Å². The van der Waals surface area contributed by atoms with Crippen LogP contribution in [0.1, 0.15) is 51.2 Å². The Kier molecular flexibility index (Phi) is 8.91. The van der Waals surface area contributed by atoms with E-state index < -0.39 is 8.32 Å². The van der Waals surface area contributed by atoms with Crippen LogP contribution in [0.25, 0.3) is 0 Å². The average molecular weight is 496 g/mol. The zero-order valence-electron chi connectivity index (χ0n) is 21.8. The highest BCUT2D eigenvalue weighted by atomic mass is 28.4. The third-order valence-corrected chi connectivity index (χ3v) is 11.2. The van der Waals surface area contributed by atoms with Crippen molar-refractivity contribution in [1.29, 1.82) is 0 Å². The Morgan fingerprint density at radius 3 is 1.91 bits per heavy atom. The summed E-state index contributed by atoms with van der Waals surface area (Å²) >= 11 is 0. The molecule has 0 unspecified atom stereocenters. The standard InChI is InChI=1S/C28H41N3O3Si/c1-21(18-28(2,3)35(4,5)34)26(32)29-30-27(33)24-16-25(17-24)31(19-22-12-8-6-9-13-22)20-23-14-10-7-11-15-23/h6-15,21,24-25,34H,16-20H2,1-5H3,(H,29,32)(H,30,33)/t21-,24?,25?/m1/s1. The minimum atomic E-state index is -2.40. The number of hydrogen-bond donors (Lipinski definition) is 3. The molecule has 3 N–H and O–H groups in total. The van der Waals surface area contributed by atoms with Crippen molar-refractivity contribution in [3.05, 3.63) is 71.8 Å². The van der Waals surface area contributed by atoms with E-state index in [4.69, 9.17) is 0 Å². The van der Waals surface area contributed by atoms with E-state index in [1.54, 1.807) is 0 Å². The van der Waals surface area contributed by atoms with Crippen molar-refractivity contribution in [2.24, 2.45) is 11.8 Å². The number of nitrogens with zero attached hydrogens (tertiary/aromatic N) is 1. The molecule has 190 valence electrons. The fraction of sp³-hybridized carbons (Fsp3) is 0.500. The van der Waals surface area contributed by atoms with E-state index in [1.807, 2.05) is 46.0 Å². The Hall–Kier alpha value is -2.48. The summed E-state index contributed by atoms with van der Waals surface area (Å²) < 4.78 is 0. The van der Waals surface area contributed by atoms with Gasteiger partial charge in [0.25, 0.3) is 0 Å². The Bertz CT molecular complexity index is 928. The lowest BCUT2D eigenvalue weighted by atomic mass is 9.78. The maximum Gasteiger partial charge on any atom is 0.241 e. The molecule has 0 saturated heterocycles. The quantitative estimate of drug-likeness (QED) is 0.332. The predicted octanol–water partition coefficient (Wildman–Crippen LogP) is 4.62. The topological polar surface area (TPSA) is 81.7 Å². The van der Waals surface area contributed by atoms with Gasteiger partial charge in [0.05, 0.1) is 0 Å². The first-order chi connectivity index (χ1) is 16.5. The summed E-state index contributed by atoms with van der Waals surface area (Å²) in [7, 11) is -2.40. The minimum Gasteiger partial charge on any atom is -0.432 e. The molecule has 1 aliphatic carbocycles. The van der Waals surface area contributed by atoms with Crippen molar-refractivity contribution in [1.82, 2.24) is 15.8 Å². The molecule has 0 heterocycles. The maximum atomic E-state index is 12.7. The first kappa shape index (κ1) is 27.1. The second-order valence-corrected chi connectivity index (χ2v) is 15.7. The van der Waals surface area contributed by atoms with Crippen molar-refractivity contribution in [2.75, 3.05) is 0 Å². The highest BCUT2D eigenvalue weighted by Gasteiger charge is 2.41. The maximum absolute atomic E-state index is 12.7. The van der Waals surface area contributed by atoms with Gasteiger partial charge in [0.2, 0.25) is 11.8 Å². The zero-order chi connectivity index (χ0) is 25.6. The van der Waals surface area contributed by atoms with Crippen LogP contribution < -0.4 is 10.9 Å². The van der Waals surface area contributed by atoms with Crippen LogP contribution in [0.5, 0.6) is 0 Å². The number of hydrazine groups is 1. The molecule has 6 nitrogen and oxygen atoms in total. The second kappa shape index (κ2) is 11.5. The summed E-state index contributed by atoms with van der Waals surface area (Å²) in [6.45, 7) is 11.3. The summed E-state index contributed by atoms with van der Waals surface area (Å²) in [5.74, 6) is -0.747. The van der Waals surface area contributed by atoms with Crippen LogP contribution in [0.3, 0.4) is 0 Å².